The zero-order valence-electron chi connectivity index (χ0n) is 18.4. The summed E-state index contributed by atoms with van der Waals surface area (Å²) >= 11 is 0. The molecule has 1 N–H and O–H groups in total. The average Bonchev–Trinajstić information content (AvgIpc) is 2.77. The third-order valence-corrected chi connectivity index (χ3v) is 4.84. The predicted octanol–water partition coefficient (Wildman–Crippen LogP) is 7.31. The molecule has 4 aromatic carbocycles. The van der Waals surface area contributed by atoms with Crippen LogP contribution in [0.5, 0.6) is 34.5 Å². The molecule has 0 unspecified atom stereocenters. The molecule has 5 nitrogen and oxygen atoms in total. The fourth-order valence-corrected chi connectivity index (χ4v) is 3.34. The standard InChI is InChI=1S/C28H24O5/c1-19-8-13-26(27(16-19)32-22-6-4-3-5-7-22)33-25-15-20(2)14-24(18-25)31-23-11-9-21(10-12-23)17-28(29)30/h3-16,18H,17H2,1-2H3,(H,29,30). The van der Waals surface area contributed by atoms with Gasteiger partial charge in [0.25, 0.3) is 0 Å². The van der Waals surface area contributed by atoms with Crippen molar-refractivity contribution in [3.05, 3.63) is 108 Å². The molecule has 33 heavy (non-hydrogen) atoms. The van der Waals surface area contributed by atoms with E-state index in [0.29, 0.717) is 34.3 Å². The average molecular weight is 440 g/mol. The van der Waals surface area contributed by atoms with Crippen molar-refractivity contribution in [3.8, 4) is 34.5 Å². The van der Waals surface area contributed by atoms with Crippen molar-refractivity contribution in [2.75, 3.05) is 0 Å². The number of benzene rings is 4. The van der Waals surface area contributed by atoms with Crippen LogP contribution in [0.1, 0.15) is 16.7 Å². The van der Waals surface area contributed by atoms with Gasteiger partial charge in [0.1, 0.15) is 23.0 Å². The quantitative estimate of drug-likeness (QED) is 0.311. The van der Waals surface area contributed by atoms with E-state index in [4.69, 9.17) is 19.3 Å². The third-order valence-electron chi connectivity index (χ3n) is 4.84. The van der Waals surface area contributed by atoms with Gasteiger partial charge in [0.2, 0.25) is 0 Å². The Morgan fingerprint density at radius 2 is 1.27 bits per heavy atom. The van der Waals surface area contributed by atoms with Crippen molar-refractivity contribution in [1.82, 2.24) is 0 Å². The van der Waals surface area contributed by atoms with Crippen molar-refractivity contribution in [3.63, 3.8) is 0 Å². The molecule has 0 spiro atoms. The number of para-hydroxylation sites is 1. The SMILES string of the molecule is Cc1cc(Oc2ccc(CC(=O)O)cc2)cc(Oc2ccc(C)cc2Oc2ccccc2)c1. The highest BCUT2D eigenvalue weighted by atomic mass is 16.5. The number of carbonyl (C=O) groups is 1. The van der Waals surface area contributed by atoms with Gasteiger partial charge in [-0.15, -0.1) is 0 Å². The molecule has 0 fully saturated rings. The molecule has 0 saturated heterocycles. The Morgan fingerprint density at radius 3 is 1.97 bits per heavy atom. The molecule has 4 rings (SSSR count). The number of rotatable bonds is 8. The number of aryl methyl sites for hydroxylation is 2. The first-order valence-electron chi connectivity index (χ1n) is 10.6. The molecule has 0 amide bonds. The molecule has 0 aromatic heterocycles. The van der Waals surface area contributed by atoms with Crippen LogP contribution in [-0.4, -0.2) is 11.1 Å². The Balaban J connectivity index is 1.54. The van der Waals surface area contributed by atoms with Gasteiger partial charge in [-0.25, -0.2) is 0 Å². The summed E-state index contributed by atoms with van der Waals surface area (Å²) < 4.78 is 18.2. The minimum atomic E-state index is -0.865. The summed E-state index contributed by atoms with van der Waals surface area (Å²) in [6, 6.07) is 28.0. The van der Waals surface area contributed by atoms with Crippen LogP contribution in [0.2, 0.25) is 0 Å². The lowest BCUT2D eigenvalue weighted by atomic mass is 10.1. The van der Waals surface area contributed by atoms with Gasteiger partial charge in [0.15, 0.2) is 11.5 Å². The van der Waals surface area contributed by atoms with E-state index in [1.165, 1.54) is 0 Å². The normalized spacial score (nSPS) is 10.5. The monoisotopic (exact) mass is 440 g/mol. The number of aliphatic carboxylic acids is 1. The van der Waals surface area contributed by atoms with E-state index in [1.807, 2.05) is 80.6 Å². The lowest BCUT2D eigenvalue weighted by Gasteiger charge is -2.15. The number of carboxylic acid groups (broad SMARTS) is 1. The summed E-state index contributed by atoms with van der Waals surface area (Å²) in [7, 11) is 0. The van der Waals surface area contributed by atoms with Crippen LogP contribution in [-0.2, 0) is 11.2 Å². The third kappa shape index (κ3) is 6.14. The summed E-state index contributed by atoms with van der Waals surface area (Å²) in [5.74, 6) is 2.94. The maximum absolute atomic E-state index is 10.9. The van der Waals surface area contributed by atoms with E-state index in [1.54, 1.807) is 24.3 Å². The lowest BCUT2D eigenvalue weighted by Crippen LogP contribution is -1.99. The molecule has 0 aliphatic heterocycles. The second kappa shape index (κ2) is 9.92. The van der Waals surface area contributed by atoms with E-state index < -0.39 is 5.97 Å². The molecule has 166 valence electrons. The van der Waals surface area contributed by atoms with Crippen LogP contribution in [0.4, 0.5) is 0 Å². The van der Waals surface area contributed by atoms with Crippen LogP contribution in [0.3, 0.4) is 0 Å². The van der Waals surface area contributed by atoms with Gasteiger partial charge in [-0.2, -0.15) is 0 Å². The molecule has 5 heteroatoms. The Labute approximate surface area is 192 Å². The van der Waals surface area contributed by atoms with Gasteiger partial charge in [-0.05, 0) is 79.1 Å². The molecule has 0 aliphatic carbocycles. The number of hydrogen-bond donors (Lipinski definition) is 1. The van der Waals surface area contributed by atoms with E-state index >= 15 is 0 Å². The highest BCUT2D eigenvalue weighted by Crippen LogP contribution is 2.37. The van der Waals surface area contributed by atoms with Crippen molar-refractivity contribution in [1.29, 1.82) is 0 Å². The van der Waals surface area contributed by atoms with Gasteiger partial charge in [-0.1, -0.05) is 36.4 Å². The minimum Gasteiger partial charge on any atom is -0.481 e. The zero-order valence-corrected chi connectivity index (χ0v) is 18.4. The fourth-order valence-electron chi connectivity index (χ4n) is 3.34. The molecular formula is C28H24O5. The molecule has 4 aromatic rings. The number of carboxylic acids is 1. The van der Waals surface area contributed by atoms with Crippen LogP contribution in [0.15, 0.2) is 91.0 Å². The van der Waals surface area contributed by atoms with Crippen molar-refractivity contribution < 1.29 is 24.1 Å². The Kier molecular flexibility index (Phi) is 6.60. The maximum Gasteiger partial charge on any atom is 0.307 e. The minimum absolute atomic E-state index is 0.0212. The smallest absolute Gasteiger partial charge is 0.307 e. The van der Waals surface area contributed by atoms with E-state index in [-0.39, 0.29) is 6.42 Å². The first-order chi connectivity index (χ1) is 15.9. The summed E-state index contributed by atoms with van der Waals surface area (Å²) in [6.07, 6.45) is -0.0212. The number of hydrogen-bond acceptors (Lipinski definition) is 4. The summed E-state index contributed by atoms with van der Waals surface area (Å²) in [5.41, 5.74) is 2.75. The van der Waals surface area contributed by atoms with E-state index in [0.717, 1.165) is 16.9 Å². The first kappa shape index (κ1) is 22.0. The topological polar surface area (TPSA) is 65.0 Å². The Hall–Kier alpha value is -4.25. The van der Waals surface area contributed by atoms with Crippen LogP contribution >= 0.6 is 0 Å². The summed E-state index contributed by atoms with van der Waals surface area (Å²) in [6.45, 7) is 3.97. The van der Waals surface area contributed by atoms with E-state index in [2.05, 4.69) is 0 Å². The van der Waals surface area contributed by atoms with Gasteiger partial charge >= 0.3 is 5.97 Å². The van der Waals surface area contributed by atoms with Gasteiger partial charge < -0.3 is 19.3 Å². The van der Waals surface area contributed by atoms with Crippen LogP contribution in [0.25, 0.3) is 0 Å². The van der Waals surface area contributed by atoms with E-state index in [9.17, 15) is 4.79 Å². The molecule has 0 aliphatic rings. The maximum atomic E-state index is 10.9. The van der Waals surface area contributed by atoms with Crippen molar-refractivity contribution >= 4 is 5.97 Å². The number of ether oxygens (including phenoxy) is 3. The largest absolute Gasteiger partial charge is 0.481 e. The highest BCUT2D eigenvalue weighted by molar-refractivity contribution is 5.70. The van der Waals surface area contributed by atoms with Crippen molar-refractivity contribution in [2.45, 2.75) is 20.3 Å². The van der Waals surface area contributed by atoms with Crippen molar-refractivity contribution in [2.24, 2.45) is 0 Å². The Bertz CT molecular complexity index is 1250. The van der Waals surface area contributed by atoms with Gasteiger partial charge in [-0.3, -0.25) is 4.79 Å². The summed E-state index contributed by atoms with van der Waals surface area (Å²) in [5, 5.41) is 8.92. The fraction of sp³-hybridized carbons (Fsp3) is 0.107. The second-order valence-corrected chi connectivity index (χ2v) is 7.77. The zero-order chi connectivity index (χ0) is 23.2. The molecule has 0 atom stereocenters. The molecular weight excluding hydrogens is 416 g/mol. The second-order valence-electron chi connectivity index (χ2n) is 7.77. The summed E-state index contributed by atoms with van der Waals surface area (Å²) in [4.78, 5) is 10.9. The Morgan fingerprint density at radius 1 is 0.636 bits per heavy atom. The molecule has 0 heterocycles. The predicted molar refractivity (Wildman–Crippen MR) is 127 cm³/mol. The molecule has 0 saturated carbocycles. The lowest BCUT2D eigenvalue weighted by molar-refractivity contribution is -0.136. The van der Waals surface area contributed by atoms with Gasteiger partial charge in [0, 0.05) is 6.07 Å². The molecule has 0 radical (unpaired) electrons. The first-order valence-corrected chi connectivity index (χ1v) is 10.6. The highest BCUT2D eigenvalue weighted by Gasteiger charge is 2.11. The van der Waals surface area contributed by atoms with Crippen LogP contribution in [0, 0.1) is 13.8 Å². The van der Waals surface area contributed by atoms with Gasteiger partial charge in [0.05, 0.1) is 6.42 Å². The molecule has 0 bridgehead atoms. The van der Waals surface area contributed by atoms with Crippen LogP contribution < -0.4 is 14.2 Å².